The molecule has 0 amide bonds. The van der Waals surface area contributed by atoms with Crippen molar-refractivity contribution in [2.45, 2.75) is 107 Å². The predicted octanol–water partition coefficient (Wildman–Crippen LogP) is 10.3. The molecule has 0 N–H and O–H groups in total. The molecular formula is C27H42Cl2SiZr. The van der Waals surface area contributed by atoms with Crippen molar-refractivity contribution in [2.75, 3.05) is 0 Å². The van der Waals surface area contributed by atoms with Gasteiger partial charge in [0.25, 0.3) is 0 Å². The Bertz CT molecular complexity index is 667. The van der Waals surface area contributed by atoms with Crippen molar-refractivity contribution >= 4 is 25.1 Å². The zero-order valence-corrected chi connectivity index (χ0v) is 25.0. The summed E-state index contributed by atoms with van der Waals surface area (Å²) < 4.78 is 0. The molecule has 5 aliphatic carbocycles. The Morgan fingerprint density at radius 1 is 0.742 bits per heavy atom. The Hall–Kier alpha value is 0.640. The van der Waals surface area contributed by atoms with Gasteiger partial charge in [0.15, 0.2) is 0 Å². The van der Waals surface area contributed by atoms with E-state index in [-0.39, 0.29) is 14.9 Å². The van der Waals surface area contributed by atoms with Crippen molar-refractivity contribution in [2.24, 2.45) is 0 Å². The van der Waals surface area contributed by atoms with Gasteiger partial charge in [0.2, 0.25) is 0 Å². The molecule has 2 atom stereocenters. The first-order chi connectivity index (χ1) is 14.2. The average molecular weight is 557 g/mol. The van der Waals surface area contributed by atoms with E-state index in [4.69, 9.17) is 17.0 Å². The van der Waals surface area contributed by atoms with Gasteiger partial charge in [-0.15, -0.1) is 0 Å². The van der Waals surface area contributed by atoms with Crippen LogP contribution in [0.5, 0.6) is 0 Å². The third-order valence-electron chi connectivity index (χ3n) is 8.75. The van der Waals surface area contributed by atoms with Crippen molar-refractivity contribution in [3.05, 3.63) is 61.4 Å². The van der Waals surface area contributed by atoms with Crippen LogP contribution in [-0.4, -0.2) is 8.07 Å². The molecule has 0 aliphatic heterocycles. The molecule has 0 unspecified atom stereocenters. The molecule has 0 aromatic rings. The van der Waals surface area contributed by atoms with Gasteiger partial charge in [-0.05, 0) is 100 Å². The van der Waals surface area contributed by atoms with E-state index in [0.717, 1.165) is 23.0 Å². The molecule has 0 aromatic carbocycles. The number of hydrogen-bond acceptors (Lipinski definition) is 0. The van der Waals surface area contributed by atoms with E-state index in [1.54, 1.807) is 0 Å². The summed E-state index contributed by atoms with van der Waals surface area (Å²) in [5.74, 6) is 0. The van der Waals surface area contributed by atoms with Crippen LogP contribution in [-0.2, 0) is 20.8 Å². The van der Waals surface area contributed by atoms with Gasteiger partial charge >= 0.3 is 37.9 Å². The summed E-state index contributed by atoms with van der Waals surface area (Å²) in [6.07, 6.45) is 28.9. The van der Waals surface area contributed by atoms with Crippen LogP contribution in [0, 0.1) is 14.9 Å². The second kappa shape index (κ2) is 12.9. The summed E-state index contributed by atoms with van der Waals surface area (Å²) in [6.45, 7) is 2.85. The molecule has 0 fully saturated rings. The summed E-state index contributed by atoms with van der Waals surface area (Å²) >= 11 is -0.826. The third-order valence-corrected chi connectivity index (χ3v) is 14.8. The van der Waals surface area contributed by atoms with E-state index in [1.807, 2.05) is 22.3 Å². The number of rotatable bonds is 3. The van der Waals surface area contributed by atoms with Crippen LogP contribution < -0.4 is 0 Å². The van der Waals surface area contributed by atoms with Crippen LogP contribution in [0.1, 0.15) is 83.5 Å². The summed E-state index contributed by atoms with van der Waals surface area (Å²) in [7, 11) is 8.38. The SMILES string of the molecule is C[Si](C1C=CCC=C1)([C@H]1CCC2=C1CCCC2)[C@H]1CCC2=C1CCCC2.[CH3-].[CH3-].[Cl][Zr+2][Cl]. The number of halogens is 2. The van der Waals surface area contributed by atoms with Crippen molar-refractivity contribution in [1.82, 2.24) is 0 Å². The Morgan fingerprint density at radius 2 is 1.16 bits per heavy atom. The van der Waals surface area contributed by atoms with Gasteiger partial charge in [-0.3, -0.25) is 0 Å². The summed E-state index contributed by atoms with van der Waals surface area (Å²) in [6, 6.07) is 0. The van der Waals surface area contributed by atoms with Crippen molar-refractivity contribution in [3.63, 3.8) is 0 Å². The molecule has 172 valence electrons. The van der Waals surface area contributed by atoms with Crippen LogP contribution in [0.4, 0.5) is 0 Å². The van der Waals surface area contributed by atoms with E-state index in [0.29, 0.717) is 0 Å². The molecule has 0 heterocycles. The quantitative estimate of drug-likeness (QED) is 0.184. The van der Waals surface area contributed by atoms with E-state index in [2.05, 4.69) is 30.9 Å². The zero-order valence-electron chi connectivity index (χ0n) is 20.0. The monoisotopic (exact) mass is 554 g/mol. The van der Waals surface area contributed by atoms with E-state index >= 15 is 0 Å². The first kappa shape index (κ1) is 27.9. The molecule has 31 heavy (non-hydrogen) atoms. The fourth-order valence-electron chi connectivity index (χ4n) is 7.47. The molecule has 0 nitrogen and oxygen atoms in total. The van der Waals surface area contributed by atoms with Gasteiger partial charge in [-0.2, -0.15) is 0 Å². The topological polar surface area (TPSA) is 0 Å². The first-order valence-electron chi connectivity index (χ1n) is 11.9. The van der Waals surface area contributed by atoms with Gasteiger partial charge in [-0.25, -0.2) is 0 Å². The molecule has 4 heteroatoms. The predicted molar refractivity (Wildman–Crippen MR) is 140 cm³/mol. The van der Waals surface area contributed by atoms with Gasteiger partial charge in [0.1, 0.15) is 0 Å². The zero-order chi connectivity index (χ0) is 20.3. The van der Waals surface area contributed by atoms with Gasteiger partial charge in [0, 0.05) is 0 Å². The van der Waals surface area contributed by atoms with Crippen molar-refractivity contribution in [3.8, 4) is 0 Å². The Kier molecular flexibility index (Phi) is 11.6. The summed E-state index contributed by atoms with van der Waals surface area (Å²) in [5, 5.41) is 0. The fraction of sp³-hybridized carbons (Fsp3) is 0.630. The molecule has 0 spiro atoms. The molecule has 0 aromatic heterocycles. The van der Waals surface area contributed by atoms with Crippen LogP contribution >= 0.6 is 17.0 Å². The Balaban J connectivity index is 0.000000648. The molecular weight excluding hydrogens is 515 g/mol. The average Bonchev–Trinajstić information content (AvgIpc) is 3.39. The number of hydrogen-bond donors (Lipinski definition) is 0. The van der Waals surface area contributed by atoms with Crippen LogP contribution in [0.2, 0.25) is 23.2 Å². The molecule has 0 saturated carbocycles. The fourth-order valence-corrected chi connectivity index (χ4v) is 13.7. The second-order valence-corrected chi connectivity index (χ2v) is 18.4. The molecule has 5 aliphatic rings. The standard InChI is InChI=1S/C25H36Si.2CH3.2ClH.Zr/c1-26(21-11-3-2-4-12-21,24-17-15-19-9-5-7-13-22(19)24)25-18-16-20-10-6-8-14-23(20)25;;;;;/h3-4,11-12,21,24-25H,2,5-10,13-18H2,1H3;2*1H3;2*1H;/q;2*-1;;;+4/p-2/t24-,25-;;;;;/m0...../s1. The molecule has 0 radical (unpaired) electrons. The van der Waals surface area contributed by atoms with Crippen molar-refractivity contribution in [1.29, 1.82) is 0 Å². The Labute approximate surface area is 212 Å². The van der Waals surface area contributed by atoms with Crippen LogP contribution in [0.25, 0.3) is 0 Å². The summed E-state index contributed by atoms with van der Waals surface area (Å²) in [4.78, 5) is 0. The van der Waals surface area contributed by atoms with Gasteiger partial charge < -0.3 is 14.9 Å². The van der Waals surface area contributed by atoms with E-state index in [9.17, 15) is 0 Å². The maximum atomic E-state index is 4.93. The molecule has 0 bridgehead atoms. The van der Waals surface area contributed by atoms with Crippen molar-refractivity contribution < 1.29 is 20.8 Å². The van der Waals surface area contributed by atoms with Crippen LogP contribution in [0.15, 0.2) is 46.6 Å². The third kappa shape index (κ3) is 5.66. The van der Waals surface area contributed by atoms with Gasteiger partial charge in [0.05, 0.1) is 8.07 Å². The minimum atomic E-state index is -1.49. The summed E-state index contributed by atoms with van der Waals surface area (Å²) in [5.41, 5.74) is 10.6. The van der Waals surface area contributed by atoms with Gasteiger partial charge in [-0.1, -0.05) is 53.1 Å². The van der Waals surface area contributed by atoms with E-state index < -0.39 is 28.9 Å². The Morgan fingerprint density at radius 3 is 1.61 bits per heavy atom. The normalized spacial score (nSPS) is 27.5. The molecule has 5 rings (SSSR count). The maximum absolute atomic E-state index is 4.93. The van der Waals surface area contributed by atoms with Crippen LogP contribution in [0.3, 0.4) is 0 Å². The second-order valence-electron chi connectivity index (χ2n) is 9.91. The first-order valence-corrected chi connectivity index (χ1v) is 21.0. The van der Waals surface area contributed by atoms with E-state index in [1.165, 1.54) is 77.0 Å². The number of allylic oxidation sites excluding steroid dienone is 8. The molecule has 0 saturated heterocycles. The minimum absolute atomic E-state index is 0.